The average molecular weight is 209 g/mol. The fraction of sp³-hybridized carbons (Fsp3) is 0.300. The lowest BCUT2D eigenvalue weighted by Crippen LogP contribution is -2.14. The van der Waals surface area contributed by atoms with E-state index >= 15 is 0 Å². The van der Waals surface area contributed by atoms with E-state index in [9.17, 15) is 4.79 Å². The van der Waals surface area contributed by atoms with Gasteiger partial charge < -0.3 is 14.3 Å². The zero-order valence-electron chi connectivity index (χ0n) is 8.27. The first-order valence-electron chi connectivity index (χ1n) is 4.48. The van der Waals surface area contributed by atoms with Crippen molar-refractivity contribution in [3.05, 3.63) is 34.3 Å². The van der Waals surface area contributed by atoms with E-state index in [1.165, 1.54) is 11.7 Å². The molecular weight excluding hydrogens is 198 g/mol. The number of rotatable bonds is 3. The third-order valence-corrected chi connectivity index (χ3v) is 2.17. The highest BCUT2D eigenvalue weighted by Gasteiger charge is 2.08. The lowest BCUT2D eigenvalue weighted by Gasteiger charge is -2.00. The third kappa shape index (κ3) is 1.67. The Morgan fingerprint density at radius 1 is 1.53 bits per heavy atom. The van der Waals surface area contributed by atoms with Crippen molar-refractivity contribution in [1.29, 1.82) is 0 Å². The smallest absolute Gasteiger partial charge is 0.408 e. The molecule has 0 spiro atoms. The molecule has 0 radical (unpaired) electrons. The highest BCUT2D eigenvalue weighted by molar-refractivity contribution is 5.73. The van der Waals surface area contributed by atoms with Crippen molar-refractivity contribution >= 4 is 11.1 Å². The van der Waals surface area contributed by atoms with Gasteiger partial charge in [0.15, 0.2) is 5.58 Å². The molecule has 5 heteroatoms. The van der Waals surface area contributed by atoms with E-state index in [1.54, 1.807) is 18.2 Å². The Morgan fingerprint density at radius 3 is 3.00 bits per heavy atom. The fourth-order valence-electron chi connectivity index (χ4n) is 1.46. The molecule has 0 aliphatic carbocycles. The quantitative estimate of drug-likeness (QED) is 0.807. The molecule has 0 aliphatic rings. The molecule has 0 amide bonds. The number of hydrogen-bond donors (Lipinski definition) is 1. The van der Waals surface area contributed by atoms with Gasteiger partial charge >= 0.3 is 5.76 Å². The van der Waals surface area contributed by atoms with Gasteiger partial charge in [0.1, 0.15) is 6.73 Å². The molecule has 0 aliphatic heterocycles. The molecule has 0 saturated heterocycles. The fourth-order valence-corrected chi connectivity index (χ4v) is 1.46. The van der Waals surface area contributed by atoms with Crippen molar-refractivity contribution in [2.45, 2.75) is 13.3 Å². The van der Waals surface area contributed by atoms with Crippen LogP contribution < -0.4 is 5.76 Å². The largest absolute Gasteiger partial charge is 0.421 e. The van der Waals surface area contributed by atoms with Gasteiger partial charge in [0.25, 0.3) is 0 Å². The van der Waals surface area contributed by atoms with E-state index in [2.05, 4.69) is 0 Å². The second-order valence-corrected chi connectivity index (χ2v) is 3.17. The number of benzene rings is 1. The van der Waals surface area contributed by atoms with Gasteiger partial charge in [-0.3, -0.25) is 0 Å². The van der Waals surface area contributed by atoms with Gasteiger partial charge in [-0.25, -0.2) is 9.36 Å². The van der Waals surface area contributed by atoms with Crippen LogP contribution in [-0.4, -0.2) is 16.8 Å². The summed E-state index contributed by atoms with van der Waals surface area (Å²) in [6.07, 6.45) is 0. The van der Waals surface area contributed by atoms with Crippen LogP contribution in [0.4, 0.5) is 0 Å². The number of fused-ring (bicyclic) bond motifs is 1. The number of aromatic nitrogens is 1. The number of hydrogen-bond acceptors (Lipinski definition) is 4. The summed E-state index contributed by atoms with van der Waals surface area (Å²) in [7, 11) is 1.50. The van der Waals surface area contributed by atoms with Crippen LogP contribution in [0, 0.1) is 0 Å². The lowest BCUT2D eigenvalue weighted by atomic mass is 10.2. The third-order valence-electron chi connectivity index (χ3n) is 2.17. The minimum atomic E-state index is -0.457. The predicted molar refractivity (Wildman–Crippen MR) is 53.4 cm³/mol. The number of ether oxygens (including phenoxy) is 1. The molecule has 0 bridgehead atoms. The Balaban J connectivity index is 2.66. The summed E-state index contributed by atoms with van der Waals surface area (Å²) in [6, 6.07) is 5.08. The van der Waals surface area contributed by atoms with Crippen LogP contribution in [0.2, 0.25) is 0 Å². The van der Waals surface area contributed by atoms with Crippen molar-refractivity contribution in [3.63, 3.8) is 0 Å². The molecule has 0 unspecified atom stereocenters. The lowest BCUT2D eigenvalue weighted by molar-refractivity contribution is 0.128. The molecule has 15 heavy (non-hydrogen) atoms. The Bertz CT molecular complexity index is 526. The summed E-state index contributed by atoms with van der Waals surface area (Å²) in [6.45, 7) is 0.0724. The topological polar surface area (TPSA) is 64.6 Å². The van der Waals surface area contributed by atoms with Crippen molar-refractivity contribution in [2.24, 2.45) is 0 Å². The standard InChI is InChI=1S/C10H11NO4/c1-14-6-11-8-4-7(5-12)2-3-9(8)15-10(11)13/h2-4,12H,5-6H2,1H3. The van der Waals surface area contributed by atoms with Crippen LogP contribution in [0.3, 0.4) is 0 Å². The summed E-state index contributed by atoms with van der Waals surface area (Å²) in [5.41, 5.74) is 1.86. The van der Waals surface area contributed by atoms with Crippen LogP contribution in [0.15, 0.2) is 27.4 Å². The van der Waals surface area contributed by atoms with E-state index in [1.807, 2.05) is 0 Å². The second-order valence-electron chi connectivity index (χ2n) is 3.17. The van der Waals surface area contributed by atoms with E-state index in [-0.39, 0.29) is 13.3 Å². The Hall–Kier alpha value is -1.59. The molecule has 0 saturated carbocycles. The normalized spacial score (nSPS) is 11.1. The molecule has 2 rings (SSSR count). The zero-order valence-corrected chi connectivity index (χ0v) is 8.27. The summed E-state index contributed by atoms with van der Waals surface area (Å²) in [5, 5.41) is 8.98. The minimum Gasteiger partial charge on any atom is -0.408 e. The summed E-state index contributed by atoms with van der Waals surface area (Å²) in [5.74, 6) is -0.457. The first-order chi connectivity index (χ1) is 7.26. The molecule has 1 heterocycles. The van der Waals surface area contributed by atoms with Crippen LogP contribution in [0.25, 0.3) is 11.1 Å². The Morgan fingerprint density at radius 2 is 2.33 bits per heavy atom. The van der Waals surface area contributed by atoms with Gasteiger partial charge in [0, 0.05) is 7.11 Å². The first-order valence-corrected chi connectivity index (χ1v) is 4.48. The number of aliphatic hydroxyl groups is 1. The van der Waals surface area contributed by atoms with Gasteiger partial charge in [-0.1, -0.05) is 6.07 Å². The molecule has 1 aromatic carbocycles. The highest BCUT2D eigenvalue weighted by Crippen LogP contribution is 2.15. The molecule has 0 atom stereocenters. The first kappa shape index (κ1) is 9.95. The predicted octanol–water partition coefficient (Wildman–Crippen LogP) is 0.691. The van der Waals surface area contributed by atoms with Crippen molar-refractivity contribution in [3.8, 4) is 0 Å². The zero-order chi connectivity index (χ0) is 10.8. The van der Waals surface area contributed by atoms with Crippen molar-refractivity contribution in [1.82, 2.24) is 4.57 Å². The molecular formula is C10H11NO4. The molecule has 5 nitrogen and oxygen atoms in total. The highest BCUT2D eigenvalue weighted by atomic mass is 16.5. The Labute approximate surface area is 85.5 Å². The van der Waals surface area contributed by atoms with Crippen LogP contribution >= 0.6 is 0 Å². The van der Waals surface area contributed by atoms with Gasteiger partial charge in [-0.15, -0.1) is 0 Å². The number of nitrogens with zero attached hydrogens (tertiary/aromatic N) is 1. The van der Waals surface area contributed by atoms with E-state index in [0.717, 1.165) is 5.56 Å². The van der Waals surface area contributed by atoms with Gasteiger partial charge in [0.2, 0.25) is 0 Å². The maximum Gasteiger partial charge on any atom is 0.421 e. The van der Waals surface area contributed by atoms with Crippen molar-refractivity contribution in [2.75, 3.05) is 7.11 Å². The summed E-state index contributed by atoms with van der Waals surface area (Å²) >= 11 is 0. The van der Waals surface area contributed by atoms with E-state index < -0.39 is 5.76 Å². The van der Waals surface area contributed by atoms with Crippen LogP contribution in [0.5, 0.6) is 0 Å². The maximum absolute atomic E-state index is 11.4. The maximum atomic E-state index is 11.4. The molecule has 1 aromatic heterocycles. The van der Waals surface area contributed by atoms with E-state index in [4.69, 9.17) is 14.3 Å². The van der Waals surface area contributed by atoms with Crippen LogP contribution in [-0.2, 0) is 18.1 Å². The molecule has 80 valence electrons. The number of methoxy groups -OCH3 is 1. The number of aliphatic hydroxyl groups excluding tert-OH is 1. The average Bonchev–Trinajstić information content (AvgIpc) is 2.55. The van der Waals surface area contributed by atoms with Crippen molar-refractivity contribution < 1.29 is 14.3 Å². The van der Waals surface area contributed by atoms with Gasteiger partial charge in [-0.2, -0.15) is 0 Å². The van der Waals surface area contributed by atoms with Crippen LogP contribution in [0.1, 0.15) is 5.56 Å². The van der Waals surface area contributed by atoms with Gasteiger partial charge in [-0.05, 0) is 17.7 Å². The molecule has 2 aromatic rings. The molecule has 0 fully saturated rings. The van der Waals surface area contributed by atoms with E-state index in [0.29, 0.717) is 11.1 Å². The Kier molecular flexibility index (Phi) is 2.57. The van der Waals surface area contributed by atoms with Gasteiger partial charge in [0.05, 0.1) is 12.1 Å². The minimum absolute atomic E-state index is 0.0672. The number of oxazole rings is 1. The summed E-state index contributed by atoms with van der Waals surface area (Å²) < 4.78 is 11.3. The summed E-state index contributed by atoms with van der Waals surface area (Å²) in [4.78, 5) is 11.4. The second kappa shape index (κ2) is 3.88. The SMILES string of the molecule is COCn1c(=O)oc2ccc(CO)cc21. The molecule has 1 N–H and O–H groups in total. The monoisotopic (exact) mass is 209 g/mol.